The van der Waals surface area contributed by atoms with Gasteiger partial charge >= 0.3 is 0 Å². The topological polar surface area (TPSA) is 74.2 Å². The van der Waals surface area contributed by atoms with Crippen molar-refractivity contribution in [3.8, 4) is 0 Å². The Balaban J connectivity index is 2.05. The summed E-state index contributed by atoms with van der Waals surface area (Å²) in [6, 6.07) is -0.172. The van der Waals surface area contributed by atoms with Gasteiger partial charge in [-0.15, -0.1) is 0 Å². The fourth-order valence-electron chi connectivity index (χ4n) is 1.92. The van der Waals surface area contributed by atoms with Gasteiger partial charge in [-0.05, 0) is 38.2 Å². The summed E-state index contributed by atoms with van der Waals surface area (Å²) in [6.07, 6.45) is 4.88. The van der Waals surface area contributed by atoms with Crippen LogP contribution in [0.1, 0.15) is 43.9 Å². The number of hydrogen-bond acceptors (Lipinski definition) is 6. The third-order valence-electron chi connectivity index (χ3n) is 3.08. The van der Waals surface area contributed by atoms with Crippen molar-refractivity contribution < 1.29 is 9.26 Å². The number of thioether (sulfide) groups is 1. The molecule has 2 atom stereocenters. The van der Waals surface area contributed by atoms with Crippen LogP contribution in [0, 0.1) is 0 Å². The monoisotopic (exact) mass is 257 g/mol. The second-order valence-electron chi connectivity index (χ2n) is 4.53. The lowest BCUT2D eigenvalue weighted by molar-refractivity contribution is 0.00768. The first-order chi connectivity index (χ1) is 8.15. The highest BCUT2D eigenvalue weighted by atomic mass is 32.2. The van der Waals surface area contributed by atoms with Crippen LogP contribution < -0.4 is 5.73 Å². The Kier molecular flexibility index (Phi) is 4.06. The lowest BCUT2D eigenvalue weighted by Gasteiger charge is -2.17. The van der Waals surface area contributed by atoms with Crippen molar-refractivity contribution in [2.45, 2.75) is 37.8 Å². The Morgan fingerprint density at radius 2 is 2.41 bits per heavy atom. The fourth-order valence-corrected chi connectivity index (χ4v) is 2.41. The van der Waals surface area contributed by atoms with Gasteiger partial charge in [0, 0.05) is 6.61 Å². The quantitative estimate of drug-likeness (QED) is 0.867. The lowest BCUT2D eigenvalue weighted by atomic mass is 10.0. The zero-order valence-corrected chi connectivity index (χ0v) is 11.1. The second kappa shape index (κ2) is 5.37. The highest BCUT2D eigenvalue weighted by molar-refractivity contribution is 7.98. The Morgan fingerprint density at radius 3 is 3.06 bits per heavy atom. The number of hydrogen-bond donors (Lipinski definition) is 1. The van der Waals surface area contributed by atoms with E-state index >= 15 is 0 Å². The third-order valence-corrected chi connectivity index (χ3v) is 3.73. The van der Waals surface area contributed by atoms with Crippen molar-refractivity contribution >= 4 is 11.8 Å². The van der Waals surface area contributed by atoms with Crippen LogP contribution in [0.2, 0.25) is 0 Å². The van der Waals surface area contributed by atoms with Crippen molar-refractivity contribution in [2.24, 2.45) is 5.73 Å². The molecule has 2 heterocycles. The summed E-state index contributed by atoms with van der Waals surface area (Å²) >= 11 is 1.76. The lowest BCUT2D eigenvalue weighted by Crippen LogP contribution is -2.22. The van der Waals surface area contributed by atoms with Crippen molar-refractivity contribution in [1.82, 2.24) is 10.1 Å². The molecule has 96 valence electrons. The number of ether oxygens (including phenoxy) is 1. The van der Waals surface area contributed by atoms with Crippen molar-refractivity contribution in [2.75, 3.05) is 18.6 Å². The minimum absolute atomic E-state index is 0.172. The van der Waals surface area contributed by atoms with Gasteiger partial charge in [-0.1, -0.05) is 5.16 Å². The molecule has 0 aliphatic carbocycles. The zero-order valence-electron chi connectivity index (χ0n) is 10.3. The molecule has 0 radical (unpaired) electrons. The molecule has 2 N–H and O–H groups in total. The Hall–Kier alpha value is -0.590. The van der Waals surface area contributed by atoms with Crippen LogP contribution in [0.5, 0.6) is 0 Å². The summed E-state index contributed by atoms with van der Waals surface area (Å²) in [4.78, 5) is 4.38. The van der Waals surface area contributed by atoms with Gasteiger partial charge < -0.3 is 15.0 Å². The van der Waals surface area contributed by atoms with Crippen LogP contribution in [0.3, 0.4) is 0 Å². The Bertz CT molecular complexity index is 363. The van der Waals surface area contributed by atoms with E-state index in [-0.39, 0.29) is 11.6 Å². The maximum atomic E-state index is 5.99. The molecule has 1 aromatic rings. The van der Waals surface area contributed by atoms with Crippen LogP contribution in [-0.2, 0) is 10.3 Å². The summed E-state index contributed by atoms with van der Waals surface area (Å²) in [5.74, 6) is 2.14. The molecule has 6 heteroatoms. The van der Waals surface area contributed by atoms with Gasteiger partial charge in [0.15, 0.2) is 0 Å². The number of aromatic nitrogens is 2. The average Bonchev–Trinajstić information content (AvgIpc) is 2.95. The van der Waals surface area contributed by atoms with E-state index in [1.165, 1.54) is 0 Å². The van der Waals surface area contributed by atoms with E-state index in [9.17, 15) is 0 Å². The maximum Gasteiger partial charge on any atom is 0.243 e. The van der Waals surface area contributed by atoms with Gasteiger partial charge in [0.05, 0.1) is 6.04 Å². The van der Waals surface area contributed by atoms with Crippen LogP contribution in [-0.4, -0.2) is 28.8 Å². The number of nitrogens with zero attached hydrogens (tertiary/aromatic N) is 2. The minimum atomic E-state index is -0.388. The van der Waals surface area contributed by atoms with Crippen LogP contribution in [0.15, 0.2) is 4.52 Å². The molecule has 1 aliphatic heterocycles. The predicted octanol–water partition coefficient (Wildman–Crippen LogP) is 1.85. The highest BCUT2D eigenvalue weighted by Crippen LogP contribution is 2.34. The predicted molar refractivity (Wildman–Crippen MR) is 66.8 cm³/mol. The maximum absolute atomic E-state index is 5.99. The van der Waals surface area contributed by atoms with Gasteiger partial charge in [-0.25, -0.2) is 0 Å². The molecule has 1 saturated heterocycles. The molecule has 0 aromatic carbocycles. The molecular formula is C11H19N3O2S. The zero-order chi connectivity index (χ0) is 12.3. The van der Waals surface area contributed by atoms with E-state index in [1.54, 1.807) is 11.8 Å². The fraction of sp³-hybridized carbons (Fsp3) is 0.818. The Morgan fingerprint density at radius 1 is 1.59 bits per heavy atom. The molecule has 5 nitrogen and oxygen atoms in total. The molecule has 0 amide bonds. The summed E-state index contributed by atoms with van der Waals surface area (Å²) in [5, 5.41) is 4.00. The molecule has 0 saturated carbocycles. The number of rotatable bonds is 5. The van der Waals surface area contributed by atoms with E-state index in [4.69, 9.17) is 15.0 Å². The van der Waals surface area contributed by atoms with E-state index in [2.05, 4.69) is 16.4 Å². The molecule has 1 fully saturated rings. The standard InChI is InChI=1S/C11H19N3O2S/c1-11(5-3-6-15-11)10-13-9(16-14-10)8(12)4-7-17-2/h8H,3-7,12H2,1-2H3/t8-,11?/m1/s1. The highest BCUT2D eigenvalue weighted by Gasteiger charge is 2.37. The molecule has 0 spiro atoms. The first kappa shape index (κ1) is 12.9. The van der Waals surface area contributed by atoms with E-state index in [0.29, 0.717) is 11.7 Å². The van der Waals surface area contributed by atoms with Gasteiger partial charge in [0.1, 0.15) is 5.60 Å². The number of nitrogens with two attached hydrogens (primary N) is 1. The van der Waals surface area contributed by atoms with Crippen molar-refractivity contribution in [3.63, 3.8) is 0 Å². The third kappa shape index (κ3) is 2.81. The van der Waals surface area contributed by atoms with Gasteiger partial charge in [-0.2, -0.15) is 16.7 Å². The first-order valence-electron chi connectivity index (χ1n) is 5.88. The van der Waals surface area contributed by atoms with Gasteiger partial charge in [0.25, 0.3) is 0 Å². The largest absolute Gasteiger partial charge is 0.367 e. The second-order valence-corrected chi connectivity index (χ2v) is 5.51. The molecule has 2 rings (SSSR count). The van der Waals surface area contributed by atoms with Crippen molar-refractivity contribution in [1.29, 1.82) is 0 Å². The summed E-state index contributed by atoms with van der Waals surface area (Å²) in [7, 11) is 0. The Labute approximate surface area is 105 Å². The van der Waals surface area contributed by atoms with E-state index in [0.717, 1.165) is 31.6 Å². The van der Waals surface area contributed by atoms with E-state index < -0.39 is 0 Å². The molecule has 0 bridgehead atoms. The minimum Gasteiger partial charge on any atom is -0.367 e. The summed E-state index contributed by atoms with van der Waals surface area (Å²) < 4.78 is 10.9. The molecule has 1 unspecified atom stereocenters. The summed E-state index contributed by atoms with van der Waals surface area (Å²) in [5.41, 5.74) is 5.60. The van der Waals surface area contributed by atoms with E-state index in [1.807, 2.05) is 6.92 Å². The molecule has 1 aliphatic rings. The SMILES string of the molecule is CSCC[C@@H](N)c1nc(C2(C)CCCO2)no1. The first-order valence-corrected chi connectivity index (χ1v) is 7.27. The van der Waals surface area contributed by atoms with Gasteiger partial charge in [0.2, 0.25) is 11.7 Å². The van der Waals surface area contributed by atoms with Crippen LogP contribution in [0.4, 0.5) is 0 Å². The smallest absolute Gasteiger partial charge is 0.243 e. The summed E-state index contributed by atoms with van der Waals surface area (Å²) in [6.45, 7) is 2.76. The molecular weight excluding hydrogens is 238 g/mol. The molecule has 17 heavy (non-hydrogen) atoms. The normalized spacial score (nSPS) is 26.3. The van der Waals surface area contributed by atoms with Crippen LogP contribution in [0.25, 0.3) is 0 Å². The van der Waals surface area contributed by atoms with Crippen LogP contribution >= 0.6 is 11.8 Å². The van der Waals surface area contributed by atoms with Gasteiger partial charge in [-0.3, -0.25) is 0 Å². The molecule has 1 aromatic heterocycles. The van der Waals surface area contributed by atoms with Crippen molar-refractivity contribution in [3.05, 3.63) is 11.7 Å². The average molecular weight is 257 g/mol.